The van der Waals surface area contributed by atoms with Crippen LogP contribution in [0.4, 0.5) is 19.0 Å². The van der Waals surface area contributed by atoms with Crippen molar-refractivity contribution in [1.82, 2.24) is 14.8 Å². The van der Waals surface area contributed by atoms with Crippen molar-refractivity contribution in [3.05, 3.63) is 23.4 Å². The number of aliphatic hydroxyl groups is 1. The first-order valence-corrected chi connectivity index (χ1v) is 12.3. The summed E-state index contributed by atoms with van der Waals surface area (Å²) in [6, 6.07) is 3.70. The van der Waals surface area contributed by atoms with E-state index in [-0.39, 0.29) is 19.0 Å². The molecule has 2 saturated heterocycles. The molecule has 1 atom stereocenters. The highest BCUT2D eigenvalue weighted by molar-refractivity contribution is 5.95. The lowest BCUT2D eigenvalue weighted by atomic mass is 9.78. The van der Waals surface area contributed by atoms with Crippen LogP contribution in [0.15, 0.2) is 12.1 Å². The van der Waals surface area contributed by atoms with Crippen molar-refractivity contribution >= 4 is 17.6 Å². The van der Waals surface area contributed by atoms with Crippen molar-refractivity contribution in [2.75, 3.05) is 45.2 Å². The predicted molar refractivity (Wildman–Crippen MR) is 127 cm³/mol. The zero-order chi connectivity index (χ0) is 26.1. The van der Waals surface area contributed by atoms with Gasteiger partial charge in [-0.3, -0.25) is 9.59 Å². The maximum Gasteiger partial charge on any atom is 0.426 e. The van der Waals surface area contributed by atoms with Crippen molar-refractivity contribution in [1.29, 1.82) is 0 Å². The summed E-state index contributed by atoms with van der Waals surface area (Å²) in [5.41, 5.74) is -2.06. The van der Waals surface area contributed by atoms with Crippen molar-refractivity contribution < 1.29 is 27.9 Å². The Morgan fingerprint density at radius 1 is 1.03 bits per heavy atom. The molecule has 0 aliphatic carbocycles. The van der Waals surface area contributed by atoms with Crippen LogP contribution in [0.25, 0.3) is 0 Å². The van der Waals surface area contributed by atoms with Crippen molar-refractivity contribution in [2.24, 2.45) is 17.8 Å². The van der Waals surface area contributed by atoms with Gasteiger partial charge < -0.3 is 19.8 Å². The first-order valence-electron chi connectivity index (χ1n) is 12.3. The van der Waals surface area contributed by atoms with Crippen LogP contribution in [-0.4, -0.2) is 83.8 Å². The number of alkyl halides is 3. The molecule has 35 heavy (non-hydrogen) atoms. The molecule has 2 fully saturated rings. The highest BCUT2D eigenvalue weighted by Gasteiger charge is 2.62. The van der Waals surface area contributed by atoms with Gasteiger partial charge in [0.2, 0.25) is 5.60 Å². The lowest BCUT2D eigenvalue weighted by Gasteiger charge is -2.43. The lowest BCUT2D eigenvalue weighted by Crippen LogP contribution is -2.62. The highest BCUT2D eigenvalue weighted by atomic mass is 19.4. The number of anilines is 1. The van der Waals surface area contributed by atoms with Crippen LogP contribution >= 0.6 is 0 Å². The maximum absolute atomic E-state index is 13.5. The van der Waals surface area contributed by atoms with Gasteiger partial charge in [-0.1, -0.05) is 13.8 Å². The number of carbonyl (C=O) groups is 2. The normalized spacial score (nSPS) is 20.2. The molecular formula is C25H37F3N4O3. The summed E-state index contributed by atoms with van der Waals surface area (Å²) < 4.78 is 40.5. The van der Waals surface area contributed by atoms with E-state index < -0.39 is 23.6 Å². The summed E-state index contributed by atoms with van der Waals surface area (Å²) in [5, 5.41) is 10.2. The molecule has 0 bridgehead atoms. The SMILES string of the molecule is Cc1nc(N2CCC(C3CCN(C(=O)C(O)(C(C)C)C(F)(F)F)CC3)CC2)ccc1C(=O)N(C)C. The maximum atomic E-state index is 13.5. The van der Waals surface area contributed by atoms with Gasteiger partial charge in [-0.25, -0.2) is 4.98 Å². The van der Waals surface area contributed by atoms with Crippen LogP contribution in [0.1, 0.15) is 55.6 Å². The van der Waals surface area contributed by atoms with Crippen molar-refractivity contribution in [2.45, 2.75) is 58.2 Å². The summed E-state index contributed by atoms with van der Waals surface area (Å²) in [6.07, 6.45) is -1.85. The molecule has 1 N–H and O–H groups in total. The molecule has 2 amide bonds. The molecule has 3 heterocycles. The van der Waals surface area contributed by atoms with Crippen LogP contribution in [0.3, 0.4) is 0 Å². The fourth-order valence-electron chi connectivity index (χ4n) is 5.30. The van der Waals surface area contributed by atoms with Crippen LogP contribution in [-0.2, 0) is 4.79 Å². The smallest absolute Gasteiger partial charge is 0.372 e. The molecule has 0 aromatic carbocycles. The third-order valence-electron chi connectivity index (χ3n) is 7.66. The molecule has 7 nitrogen and oxygen atoms in total. The third-order valence-corrected chi connectivity index (χ3v) is 7.66. The molecule has 1 aromatic rings. The number of aryl methyl sites for hydroxylation is 1. The summed E-state index contributed by atoms with van der Waals surface area (Å²) >= 11 is 0. The number of hydrogen-bond donors (Lipinski definition) is 1. The van der Waals surface area contributed by atoms with E-state index in [4.69, 9.17) is 0 Å². The van der Waals surface area contributed by atoms with Crippen LogP contribution < -0.4 is 4.90 Å². The Kier molecular flexibility index (Phi) is 8.03. The number of piperidine rings is 2. The van der Waals surface area contributed by atoms with E-state index in [9.17, 15) is 27.9 Å². The van der Waals surface area contributed by atoms with Crippen molar-refractivity contribution in [3.8, 4) is 0 Å². The van der Waals surface area contributed by atoms with Gasteiger partial charge >= 0.3 is 6.18 Å². The Labute approximate surface area is 205 Å². The van der Waals surface area contributed by atoms with Gasteiger partial charge in [-0.05, 0) is 56.6 Å². The minimum atomic E-state index is -5.01. The molecular weight excluding hydrogens is 461 g/mol. The Balaban J connectivity index is 1.55. The predicted octanol–water partition coefficient (Wildman–Crippen LogP) is 3.50. The standard InChI is InChI=1S/C25H37F3N4O3/c1-16(2)24(35,25(26,27)28)23(34)32-14-10-19(11-15-32)18-8-12-31(13-9-18)21-7-6-20(17(3)29-21)22(33)30(4)5/h6-7,16,18-19,35H,8-15H2,1-5H3. The Morgan fingerprint density at radius 3 is 1.97 bits per heavy atom. The summed E-state index contributed by atoms with van der Waals surface area (Å²) in [5.74, 6) is -0.945. The Hall–Kier alpha value is -2.36. The minimum Gasteiger partial charge on any atom is -0.372 e. The second-order valence-corrected chi connectivity index (χ2v) is 10.4. The van der Waals surface area contributed by atoms with E-state index in [1.165, 1.54) is 23.6 Å². The lowest BCUT2D eigenvalue weighted by molar-refractivity contribution is -0.270. The number of likely N-dealkylation sites (tertiary alicyclic amines) is 1. The number of amides is 2. The third kappa shape index (κ3) is 5.42. The van der Waals surface area contributed by atoms with E-state index >= 15 is 0 Å². The van der Waals surface area contributed by atoms with Gasteiger partial charge in [0.25, 0.3) is 11.8 Å². The van der Waals surface area contributed by atoms with Crippen molar-refractivity contribution in [3.63, 3.8) is 0 Å². The topological polar surface area (TPSA) is 77.0 Å². The monoisotopic (exact) mass is 498 g/mol. The number of hydrogen-bond acceptors (Lipinski definition) is 5. The molecule has 0 spiro atoms. The number of carbonyl (C=O) groups excluding carboxylic acids is 2. The van der Waals surface area contributed by atoms with Crippen LogP contribution in [0.5, 0.6) is 0 Å². The summed E-state index contributed by atoms with van der Waals surface area (Å²) in [7, 11) is 3.42. The quantitative estimate of drug-likeness (QED) is 0.673. The molecule has 196 valence electrons. The molecule has 2 aliphatic rings. The number of pyridine rings is 1. The zero-order valence-corrected chi connectivity index (χ0v) is 21.2. The van der Waals surface area contributed by atoms with Gasteiger partial charge in [0.1, 0.15) is 5.82 Å². The second-order valence-electron chi connectivity index (χ2n) is 10.4. The molecule has 3 rings (SSSR count). The summed E-state index contributed by atoms with van der Waals surface area (Å²) in [6.45, 7) is 6.37. The molecule has 0 saturated carbocycles. The van der Waals surface area contributed by atoms with Gasteiger partial charge in [-0.2, -0.15) is 13.2 Å². The Bertz CT molecular complexity index is 921. The highest BCUT2D eigenvalue weighted by Crippen LogP contribution is 2.40. The molecule has 10 heteroatoms. The van der Waals surface area contributed by atoms with E-state index in [0.29, 0.717) is 35.9 Å². The van der Waals surface area contributed by atoms with E-state index in [1.807, 2.05) is 19.1 Å². The number of nitrogens with zero attached hydrogens (tertiary/aromatic N) is 4. The number of rotatable bonds is 5. The van der Waals surface area contributed by atoms with Gasteiger partial charge in [0, 0.05) is 46.2 Å². The van der Waals surface area contributed by atoms with Gasteiger partial charge in [0.15, 0.2) is 0 Å². The van der Waals surface area contributed by atoms with Gasteiger partial charge in [-0.15, -0.1) is 0 Å². The fourth-order valence-corrected chi connectivity index (χ4v) is 5.30. The molecule has 1 unspecified atom stereocenters. The van der Waals surface area contributed by atoms with E-state index in [0.717, 1.165) is 31.7 Å². The number of aromatic nitrogens is 1. The van der Waals surface area contributed by atoms with Crippen LogP contribution in [0, 0.1) is 24.7 Å². The molecule has 1 aromatic heterocycles. The van der Waals surface area contributed by atoms with Gasteiger partial charge in [0.05, 0.1) is 11.3 Å². The number of halogens is 3. The average molecular weight is 499 g/mol. The fraction of sp³-hybridized carbons (Fsp3) is 0.720. The molecule has 2 aliphatic heterocycles. The Morgan fingerprint density at radius 2 is 1.54 bits per heavy atom. The minimum absolute atomic E-state index is 0.0767. The largest absolute Gasteiger partial charge is 0.426 e. The summed E-state index contributed by atoms with van der Waals surface area (Å²) in [4.78, 5) is 34.5. The average Bonchev–Trinajstić information content (AvgIpc) is 2.81. The van der Waals surface area contributed by atoms with Crippen LogP contribution in [0.2, 0.25) is 0 Å². The van der Waals surface area contributed by atoms with E-state index in [1.54, 1.807) is 14.1 Å². The first-order chi connectivity index (χ1) is 16.3. The first kappa shape index (κ1) is 27.2. The second kappa shape index (κ2) is 10.3. The molecule has 0 radical (unpaired) electrons. The van der Waals surface area contributed by atoms with E-state index in [2.05, 4.69) is 9.88 Å². The zero-order valence-electron chi connectivity index (χ0n) is 21.2.